The van der Waals surface area contributed by atoms with E-state index >= 15 is 0 Å². The average molecular weight is 824 g/mol. The van der Waals surface area contributed by atoms with E-state index in [4.69, 9.17) is 4.74 Å². The van der Waals surface area contributed by atoms with E-state index in [9.17, 15) is 19.8 Å². The van der Waals surface area contributed by atoms with Crippen molar-refractivity contribution in [2.75, 3.05) is 6.61 Å². The third-order valence-corrected chi connectivity index (χ3v) is 10.9. The summed E-state index contributed by atoms with van der Waals surface area (Å²) in [5.41, 5.74) is 0. The molecule has 0 heterocycles. The summed E-state index contributed by atoms with van der Waals surface area (Å²) in [7, 11) is 0. The summed E-state index contributed by atoms with van der Waals surface area (Å²) in [5.74, 6) is -0.614. The van der Waals surface area contributed by atoms with Gasteiger partial charge in [0.05, 0.1) is 25.2 Å². The van der Waals surface area contributed by atoms with Crippen LogP contribution >= 0.6 is 0 Å². The molecule has 340 valence electrons. The van der Waals surface area contributed by atoms with Gasteiger partial charge < -0.3 is 20.3 Å². The molecule has 0 aliphatic carbocycles. The number of aliphatic hydroxyl groups is 2. The van der Waals surface area contributed by atoms with Gasteiger partial charge in [-0.2, -0.15) is 0 Å². The summed E-state index contributed by atoms with van der Waals surface area (Å²) in [6.07, 6.45) is 58.4. The number of ether oxygens (including phenoxy) is 1. The number of allylic oxidation sites excluding steroid dienone is 11. The van der Waals surface area contributed by atoms with Crippen LogP contribution in [0.3, 0.4) is 0 Å². The summed E-state index contributed by atoms with van der Waals surface area (Å²) in [5, 5.41) is 23.6. The maximum absolute atomic E-state index is 13.1. The zero-order chi connectivity index (χ0) is 43.1. The first-order valence-corrected chi connectivity index (χ1v) is 24.7. The molecule has 0 fully saturated rings. The van der Waals surface area contributed by atoms with Crippen LogP contribution < -0.4 is 5.32 Å². The number of esters is 1. The largest absolute Gasteiger partial charge is 0.461 e. The van der Waals surface area contributed by atoms with Crippen LogP contribution in [0.5, 0.6) is 0 Å². The molecule has 0 aromatic carbocycles. The molecule has 6 heteroatoms. The van der Waals surface area contributed by atoms with Gasteiger partial charge in [0.1, 0.15) is 6.10 Å². The van der Waals surface area contributed by atoms with Crippen LogP contribution in [0.4, 0.5) is 0 Å². The second-order valence-electron chi connectivity index (χ2n) is 16.6. The minimum atomic E-state index is -0.819. The molecule has 0 aliphatic rings. The van der Waals surface area contributed by atoms with Crippen LogP contribution in [0.15, 0.2) is 72.9 Å². The molecule has 3 atom stereocenters. The highest BCUT2D eigenvalue weighted by molar-refractivity contribution is 5.77. The molecule has 0 bridgehead atoms. The first kappa shape index (κ1) is 56.3. The molecule has 0 radical (unpaired) electrons. The van der Waals surface area contributed by atoms with Gasteiger partial charge in [-0.3, -0.25) is 9.59 Å². The summed E-state index contributed by atoms with van der Waals surface area (Å²) in [6.45, 7) is 6.28. The number of carbonyl (C=O) groups is 2. The van der Waals surface area contributed by atoms with E-state index < -0.39 is 18.2 Å². The lowest BCUT2D eigenvalue weighted by molar-refractivity contribution is -0.150. The fourth-order valence-electron chi connectivity index (χ4n) is 7.15. The summed E-state index contributed by atoms with van der Waals surface area (Å²) in [4.78, 5) is 26.0. The summed E-state index contributed by atoms with van der Waals surface area (Å²) in [6, 6.07) is -0.741. The Morgan fingerprint density at radius 3 is 1.42 bits per heavy atom. The predicted octanol–water partition coefficient (Wildman–Crippen LogP) is 14.6. The van der Waals surface area contributed by atoms with Gasteiger partial charge in [-0.15, -0.1) is 0 Å². The zero-order valence-corrected chi connectivity index (χ0v) is 38.6. The molecule has 59 heavy (non-hydrogen) atoms. The number of hydrogen-bond acceptors (Lipinski definition) is 5. The molecule has 6 nitrogen and oxygen atoms in total. The van der Waals surface area contributed by atoms with Crippen molar-refractivity contribution in [1.82, 2.24) is 5.32 Å². The molecule has 0 rings (SSSR count). The Morgan fingerprint density at radius 1 is 0.525 bits per heavy atom. The quantitative estimate of drug-likeness (QED) is 0.0246. The third kappa shape index (κ3) is 41.8. The van der Waals surface area contributed by atoms with Gasteiger partial charge in [0.2, 0.25) is 5.91 Å². The SMILES string of the molecule is CC/C=C/C=C/C=C\C=C/C=C/CC(CC(=O)NC(CO)C(O)CCCCCCCCCCCCCC)OC(=O)CCCCCCCCC/C=C/CCCCCCCC. The van der Waals surface area contributed by atoms with Gasteiger partial charge in [0, 0.05) is 12.8 Å². The van der Waals surface area contributed by atoms with Gasteiger partial charge in [0.25, 0.3) is 0 Å². The van der Waals surface area contributed by atoms with Crippen molar-refractivity contribution in [3.05, 3.63) is 72.9 Å². The Balaban J connectivity index is 4.65. The number of nitrogens with one attached hydrogen (secondary N) is 1. The van der Waals surface area contributed by atoms with Crippen LogP contribution in [-0.4, -0.2) is 46.9 Å². The Morgan fingerprint density at radius 2 is 0.949 bits per heavy atom. The molecular formula is C53H93NO5. The molecule has 0 spiro atoms. The Hall–Kier alpha value is -2.70. The second-order valence-corrected chi connectivity index (χ2v) is 16.6. The van der Waals surface area contributed by atoms with Crippen molar-refractivity contribution in [3.8, 4) is 0 Å². The first-order chi connectivity index (χ1) is 29.0. The lowest BCUT2D eigenvalue weighted by Crippen LogP contribution is -2.46. The van der Waals surface area contributed by atoms with Crippen molar-refractivity contribution in [3.63, 3.8) is 0 Å². The van der Waals surface area contributed by atoms with E-state index in [0.717, 1.165) is 44.9 Å². The van der Waals surface area contributed by atoms with Crippen molar-refractivity contribution < 1.29 is 24.5 Å². The normalized spacial score (nSPS) is 13.9. The van der Waals surface area contributed by atoms with E-state index in [-0.39, 0.29) is 24.9 Å². The minimum absolute atomic E-state index is 0.0220. The molecule has 0 aromatic heterocycles. The zero-order valence-electron chi connectivity index (χ0n) is 38.6. The van der Waals surface area contributed by atoms with Crippen LogP contribution in [-0.2, 0) is 14.3 Å². The lowest BCUT2D eigenvalue weighted by atomic mass is 10.0. The molecule has 3 unspecified atom stereocenters. The van der Waals surface area contributed by atoms with Gasteiger partial charge in [-0.1, -0.05) is 235 Å². The predicted molar refractivity (Wildman–Crippen MR) is 255 cm³/mol. The second kappa shape index (κ2) is 46.4. The van der Waals surface area contributed by atoms with Crippen LogP contribution in [0.1, 0.15) is 226 Å². The Kier molecular flexibility index (Phi) is 44.2. The van der Waals surface area contributed by atoms with Gasteiger partial charge >= 0.3 is 5.97 Å². The van der Waals surface area contributed by atoms with Gasteiger partial charge in [0.15, 0.2) is 0 Å². The molecule has 3 N–H and O–H groups in total. The van der Waals surface area contributed by atoms with Crippen LogP contribution in [0.25, 0.3) is 0 Å². The number of carbonyl (C=O) groups excluding carboxylic acids is 2. The molecule has 0 saturated carbocycles. The van der Waals surface area contributed by atoms with Gasteiger partial charge in [-0.25, -0.2) is 0 Å². The minimum Gasteiger partial charge on any atom is -0.461 e. The van der Waals surface area contributed by atoms with E-state index in [1.807, 2.05) is 54.7 Å². The van der Waals surface area contributed by atoms with Gasteiger partial charge in [-0.05, 0) is 44.9 Å². The number of rotatable bonds is 43. The highest BCUT2D eigenvalue weighted by Gasteiger charge is 2.23. The van der Waals surface area contributed by atoms with E-state index in [0.29, 0.717) is 19.3 Å². The van der Waals surface area contributed by atoms with Crippen molar-refractivity contribution in [1.29, 1.82) is 0 Å². The molecule has 0 aromatic rings. The van der Waals surface area contributed by atoms with E-state index in [2.05, 4.69) is 44.3 Å². The van der Waals surface area contributed by atoms with Crippen LogP contribution in [0, 0.1) is 0 Å². The monoisotopic (exact) mass is 824 g/mol. The summed E-state index contributed by atoms with van der Waals surface area (Å²) >= 11 is 0. The highest BCUT2D eigenvalue weighted by Crippen LogP contribution is 2.16. The number of aliphatic hydroxyl groups excluding tert-OH is 2. The lowest BCUT2D eigenvalue weighted by Gasteiger charge is -2.24. The number of hydrogen-bond donors (Lipinski definition) is 3. The standard InChI is InChI=1S/C53H93NO5/c1-4-7-10-13-16-19-22-24-25-26-27-28-31-34-37-40-43-46-53(58)59-49(44-41-38-35-32-29-21-18-15-12-9-6-3)47-52(57)54-50(48-55)51(56)45-42-39-36-33-30-23-20-17-14-11-8-5-2/h9,12,15,18,21,24-25,29,32,35,38,41,49-51,55-56H,4-8,10-11,13-14,16-17,19-20,22-23,26-28,30-31,33-34,36-37,39-40,42-48H2,1-3H3,(H,54,57)/b12-9+,18-15+,25-24+,29-21-,35-32-,41-38+. The maximum Gasteiger partial charge on any atom is 0.306 e. The molecule has 1 amide bonds. The Bertz CT molecular complexity index is 1110. The van der Waals surface area contributed by atoms with E-state index in [1.54, 1.807) is 0 Å². The number of amides is 1. The Labute approximate surface area is 364 Å². The number of unbranched alkanes of at least 4 members (excludes halogenated alkanes) is 24. The fourth-order valence-corrected chi connectivity index (χ4v) is 7.15. The molecule has 0 saturated heterocycles. The average Bonchev–Trinajstić information content (AvgIpc) is 3.23. The highest BCUT2D eigenvalue weighted by atomic mass is 16.5. The third-order valence-electron chi connectivity index (χ3n) is 10.9. The molecular weight excluding hydrogens is 731 g/mol. The fraction of sp³-hybridized carbons (Fsp3) is 0.736. The molecule has 0 aliphatic heterocycles. The van der Waals surface area contributed by atoms with Crippen molar-refractivity contribution in [2.45, 2.75) is 244 Å². The maximum atomic E-state index is 13.1. The van der Waals surface area contributed by atoms with Crippen molar-refractivity contribution >= 4 is 11.9 Å². The first-order valence-electron chi connectivity index (χ1n) is 24.7. The smallest absolute Gasteiger partial charge is 0.306 e. The topological polar surface area (TPSA) is 95.9 Å². The van der Waals surface area contributed by atoms with Crippen molar-refractivity contribution in [2.24, 2.45) is 0 Å². The van der Waals surface area contributed by atoms with Crippen LogP contribution in [0.2, 0.25) is 0 Å². The van der Waals surface area contributed by atoms with E-state index in [1.165, 1.54) is 135 Å². The summed E-state index contributed by atoms with van der Waals surface area (Å²) < 4.78 is 5.83.